The summed E-state index contributed by atoms with van der Waals surface area (Å²) in [6.45, 7) is 2.10. The Morgan fingerprint density at radius 3 is 2.50 bits per heavy atom. The van der Waals surface area contributed by atoms with Crippen molar-refractivity contribution >= 4 is 29.0 Å². The summed E-state index contributed by atoms with van der Waals surface area (Å²) in [7, 11) is 5.63. The van der Waals surface area contributed by atoms with Crippen LogP contribution in [0.15, 0.2) is 53.3 Å². The summed E-state index contributed by atoms with van der Waals surface area (Å²) < 4.78 is 1.73. The highest BCUT2D eigenvalue weighted by Gasteiger charge is 2.17. The highest BCUT2D eigenvalue weighted by molar-refractivity contribution is 7.71. The Kier molecular flexibility index (Phi) is 7.18. The first-order valence-corrected chi connectivity index (χ1v) is 10.5. The second-order valence-electron chi connectivity index (χ2n) is 7.74. The van der Waals surface area contributed by atoms with Gasteiger partial charge in [0.15, 0.2) is 4.77 Å². The van der Waals surface area contributed by atoms with Crippen LogP contribution in [0.2, 0.25) is 0 Å². The van der Waals surface area contributed by atoms with Gasteiger partial charge in [0.1, 0.15) is 0 Å². The van der Waals surface area contributed by atoms with E-state index in [0.29, 0.717) is 34.3 Å². The molecule has 30 heavy (non-hydrogen) atoms. The monoisotopic (exact) mass is 424 g/mol. The molecule has 0 radical (unpaired) electrons. The topological polar surface area (TPSA) is 61.3 Å². The zero-order valence-electron chi connectivity index (χ0n) is 17.7. The highest BCUT2D eigenvalue weighted by atomic mass is 32.1. The summed E-state index contributed by atoms with van der Waals surface area (Å²) in [4.78, 5) is 32.7. The molecule has 7 heteroatoms. The van der Waals surface area contributed by atoms with E-state index >= 15 is 0 Å². The quantitative estimate of drug-likeness (QED) is 0.564. The van der Waals surface area contributed by atoms with Crippen molar-refractivity contribution in [1.82, 2.24) is 19.4 Å². The van der Waals surface area contributed by atoms with Crippen molar-refractivity contribution in [2.75, 3.05) is 33.7 Å². The molecule has 0 aliphatic heterocycles. The molecule has 1 amide bonds. The lowest BCUT2D eigenvalue weighted by Crippen LogP contribution is -2.37. The first kappa shape index (κ1) is 21.9. The summed E-state index contributed by atoms with van der Waals surface area (Å²) >= 11 is 5.21. The summed E-state index contributed by atoms with van der Waals surface area (Å²) in [5.74, 6) is -0.0354. The first-order valence-electron chi connectivity index (χ1n) is 10.1. The average molecular weight is 425 g/mol. The van der Waals surface area contributed by atoms with E-state index in [-0.39, 0.29) is 11.5 Å². The van der Waals surface area contributed by atoms with Gasteiger partial charge in [0.05, 0.1) is 10.9 Å². The number of hydrogen-bond donors (Lipinski definition) is 1. The van der Waals surface area contributed by atoms with Crippen LogP contribution in [0, 0.1) is 4.77 Å². The zero-order valence-corrected chi connectivity index (χ0v) is 18.5. The van der Waals surface area contributed by atoms with Crippen LogP contribution >= 0.6 is 12.2 Å². The SMILES string of the molecule is CN(C)CCN(CCCc1ccccc1)C(=O)c1ccc2c(=O)n(C)c(=S)[nH]c2c1. The Morgan fingerprint density at radius 1 is 1.07 bits per heavy atom. The van der Waals surface area contributed by atoms with E-state index in [9.17, 15) is 9.59 Å². The van der Waals surface area contributed by atoms with E-state index in [1.165, 1.54) is 10.1 Å². The van der Waals surface area contributed by atoms with Gasteiger partial charge in [-0.1, -0.05) is 30.3 Å². The Hall–Kier alpha value is -2.77. The van der Waals surface area contributed by atoms with Gasteiger partial charge < -0.3 is 14.8 Å². The zero-order chi connectivity index (χ0) is 21.7. The van der Waals surface area contributed by atoms with Crippen LogP contribution in [0.1, 0.15) is 22.3 Å². The number of amides is 1. The summed E-state index contributed by atoms with van der Waals surface area (Å²) in [6, 6.07) is 15.5. The minimum Gasteiger partial charge on any atom is -0.337 e. The molecule has 0 aliphatic rings. The molecule has 158 valence electrons. The number of fused-ring (bicyclic) bond motifs is 1. The number of aryl methyl sites for hydroxylation is 1. The number of H-pyrrole nitrogens is 1. The van der Waals surface area contributed by atoms with Gasteiger partial charge in [0, 0.05) is 32.2 Å². The molecule has 1 heterocycles. The highest BCUT2D eigenvalue weighted by Crippen LogP contribution is 2.14. The molecule has 0 saturated carbocycles. The van der Waals surface area contributed by atoms with Crippen LogP contribution in [0.5, 0.6) is 0 Å². The van der Waals surface area contributed by atoms with Gasteiger partial charge in [-0.15, -0.1) is 0 Å². The van der Waals surface area contributed by atoms with Gasteiger partial charge in [-0.05, 0) is 62.9 Å². The van der Waals surface area contributed by atoms with Crippen molar-refractivity contribution < 1.29 is 4.79 Å². The number of aromatic amines is 1. The molecule has 2 aromatic carbocycles. The van der Waals surface area contributed by atoms with Crippen molar-refractivity contribution in [2.45, 2.75) is 12.8 Å². The number of rotatable bonds is 8. The number of benzene rings is 2. The number of carbonyl (C=O) groups excluding carboxylic acids is 1. The number of nitrogens with one attached hydrogen (secondary N) is 1. The van der Waals surface area contributed by atoms with Crippen LogP contribution < -0.4 is 5.56 Å². The van der Waals surface area contributed by atoms with E-state index in [1.54, 1.807) is 25.2 Å². The predicted octanol–water partition coefficient (Wildman–Crippen LogP) is 3.23. The van der Waals surface area contributed by atoms with Gasteiger partial charge in [-0.2, -0.15) is 0 Å². The van der Waals surface area contributed by atoms with E-state index in [2.05, 4.69) is 22.0 Å². The van der Waals surface area contributed by atoms with E-state index in [0.717, 1.165) is 19.4 Å². The molecule has 0 saturated heterocycles. The maximum absolute atomic E-state index is 13.3. The molecule has 0 unspecified atom stereocenters. The standard InChI is InChI=1S/C23H28N4O2S/c1-25(2)14-15-27(13-7-10-17-8-5-4-6-9-17)21(28)18-11-12-19-20(16-18)24-23(30)26(3)22(19)29/h4-6,8-9,11-12,16H,7,10,13-15H2,1-3H3,(H,24,30). The van der Waals surface area contributed by atoms with Gasteiger partial charge in [0.2, 0.25) is 0 Å². The Balaban J connectivity index is 1.81. The van der Waals surface area contributed by atoms with Crippen LogP contribution in [0.4, 0.5) is 0 Å². The second kappa shape index (κ2) is 9.82. The van der Waals surface area contributed by atoms with Crippen LogP contribution in [0.3, 0.4) is 0 Å². The lowest BCUT2D eigenvalue weighted by atomic mass is 10.1. The summed E-state index contributed by atoms with van der Waals surface area (Å²) in [6.07, 6.45) is 1.81. The fourth-order valence-electron chi connectivity index (χ4n) is 3.38. The molecule has 3 rings (SSSR count). The van der Waals surface area contributed by atoms with Gasteiger partial charge in [-0.25, -0.2) is 0 Å². The van der Waals surface area contributed by atoms with Crippen molar-refractivity contribution in [1.29, 1.82) is 0 Å². The number of aromatic nitrogens is 2. The Labute approximate surface area is 181 Å². The molecular weight excluding hydrogens is 396 g/mol. The number of hydrogen-bond acceptors (Lipinski definition) is 4. The average Bonchev–Trinajstić information content (AvgIpc) is 2.74. The molecule has 1 aromatic heterocycles. The predicted molar refractivity (Wildman–Crippen MR) is 124 cm³/mol. The Morgan fingerprint density at radius 2 is 1.80 bits per heavy atom. The second-order valence-corrected chi connectivity index (χ2v) is 8.13. The van der Waals surface area contributed by atoms with Crippen molar-refractivity contribution in [3.8, 4) is 0 Å². The third-order valence-electron chi connectivity index (χ3n) is 5.19. The molecule has 0 aliphatic carbocycles. The van der Waals surface area contributed by atoms with Crippen molar-refractivity contribution in [3.63, 3.8) is 0 Å². The molecule has 0 bridgehead atoms. The van der Waals surface area contributed by atoms with E-state index in [4.69, 9.17) is 12.2 Å². The minimum atomic E-state index is -0.167. The Bertz CT molecular complexity index is 1140. The summed E-state index contributed by atoms with van der Waals surface area (Å²) in [5, 5.41) is 0.520. The number of carbonyl (C=O) groups is 1. The van der Waals surface area contributed by atoms with Crippen molar-refractivity contribution in [3.05, 3.63) is 74.8 Å². The van der Waals surface area contributed by atoms with Crippen LogP contribution in [-0.2, 0) is 13.5 Å². The molecule has 0 spiro atoms. The largest absolute Gasteiger partial charge is 0.337 e. The third-order valence-corrected chi connectivity index (χ3v) is 5.56. The van der Waals surface area contributed by atoms with Gasteiger partial charge in [0.25, 0.3) is 11.5 Å². The van der Waals surface area contributed by atoms with Crippen LogP contribution in [0.25, 0.3) is 10.9 Å². The molecular formula is C23H28N4O2S. The fourth-order valence-corrected chi connectivity index (χ4v) is 3.57. The van der Waals surface area contributed by atoms with Gasteiger partial charge >= 0.3 is 0 Å². The first-order chi connectivity index (χ1) is 14.4. The lowest BCUT2D eigenvalue weighted by Gasteiger charge is -2.25. The molecule has 0 atom stereocenters. The maximum atomic E-state index is 13.3. The van der Waals surface area contributed by atoms with E-state index in [1.807, 2.05) is 37.2 Å². The van der Waals surface area contributed by atoms with Crippen molar-refractivity contribution in [2.24, 2.45) is 7.05 Å². The third kappa shape index (κ3) is 5.23. The summed E-state index contributed by atoms with van der Waals surface area (Å²) in [5.41, 5.74) is 2.25. The smallest absolute Gasteiger partial charge is 0.261 e. The van der Waals surface area contributed by atoms with Gasteiger partial charge in [-0.3, -0.25) is 14.2 Å². The number of nitrogens with zero attached hydrogens (tertiary/aromatic N) is 3. The molecule has 6 nitrogen and oxygen atoms in total. The lowest BCUT2D eigenvalue weighted by molar-refractivity contribution is 0.0743. The fraction of sp³-hybridized carbons (Fsp3) is 0.348. The normalized spacial score (nSPS) is 11.2. The minimum absolute atomic E-state index is 0.0354. The van der Waals surface area contributed by atoms with E-state index < -0.39 is 0 Å². The molecule has 3 aromatic rings. The molecule has 1 N–H and O–H groups in total. The maximum Gasteiger partial charge on any atom is 0.261 e. The molecule has 0 fully saturated rings. The number of likely N-dealkylation sites (N-methyl/N-ethyl adjacent to an activating group) is 1. The van der Waals surface area contributed by atoms with Crippen LogP contribution in [-0.4, -0.2) is 59.0 Å².